The molecule has 0 bridgehead atoms. The lowest BCUT2D eigenvalue weighted by molar-refractivity contribution is -0.165. The molecule has 2 aliphatic heterocycles. The van der Waals surface area contributed by atoms with Gasteiger partial charge >= 0.3 is 0 Å². The van der Waals surface area contributed by atoms with Gasteiger partial charge in [-0.3, -0.25) is 4.79 Å². The summed E-state index contributed by atoms with van der Waals surface area (Å²) in [5.74, 6) is 1.61. The van der Waals surface area contributed by atoms with E-state index in [1.165, 1.54) is 47.3 Å². The van der Waals surface area contributed by atoms with Crippen LogP contribution in [0, 0.1) is 18.3 Å². The number of ether oxygens (including phenoxy) is 3. The Morgan fingerprint density at radius 1 is 1.04 bits per heavy atom. The lowest BCUT2D eigenvalue weighted by atomic mass is 9.83. The molecule has 1 atom stereocenters. The molecule has 250 valence electrons. The Bertz CT molecular complexity index is 1520. The van der Waals surface area contributed by atoms with Gasteiger partial charge in [-0.15, -0.1) is 11.3 Å². The van der Waals surface area contributed by atoms with E-state index in [1.807, 2.05) is 19.1 Å². The minimum atomic E-state index is -0.0751. The molecule has 3 aromatic rings. The van der Waals surface area contributed by atoms with Crippen LogP contribution in [0.3, 0.4) is 0 Å². The zero-order chi connectivity index (χ0) is 32.4. The summed E-state index contributed by atoms with van der Waals surface area (Å²) in [6.07, 6.45) is 12.3. The highest BCUT2D eigenvalue weighted by molar-refractivity contribution is 7.17. The highest BCUT2D eigenvalue weighted by Crippen LogP contribution is 2.40. The average Bonchev–Trinajstić information content (AvgIpc) is 3.52. The number of unbranched alkanes of at least 4 members (excludes halogenated alkanes) is 1. The van der Waals surface area contributed by atoms with Crippen molar-refractivity contribution in [1.29, 1.82) is 5.26 Å². The lowest BCUT2D eigenvalue weighted by Crippen LogP contribution is -2.34. The fraction of sp³-hybridized carbons (Fsp3) is 0.553. The molecule has 3 aliphatic rings. The first-order chi connectivity index (χ1) is 23.1. The predicted octanol–water partition coefficient (Wildman–Crippen LogP) is 7.18. The fourth-order valence-corrected chi connectivity index (χ4v) is 8.09. The number of aryl methyl sites for hydroxylation is 2. The molecule has 0 saturated carbocycles. The van der Waals surface area contributed by atoms with E-state index in [0.717, 1.165) is 99.6 Å². The van der Waals surface area contributed by atoms with Gasteiger partial charge in [0.15, 0.2) is 6.29 Å². The number of hydrogen-bond donors (Lipinski definition) is 1. The molecule has 2 aromatic carbocycles. The number of nitrogens with zero attached hydrogens (tertiary/aromatic N) is 3. The van der Waals surface area contributed by atoms with Crippen molar-refractivity contribution in [1.82, 2.24) is 15.2 Å². The Morgan fingerprint density at radius 3 is 2.66 bits per heavy atom. The molecule has 1 amide bonds. The number of carbonyl (C=O) groups is 1. The van der Waals surface area contributed by atoms with Crippen molar-refractivity contribution in [3.63, 3.8) is 0 Å². The number of nitrogens with one attached hydrogen (secondary N) is 1. The van der Waals surface area contributed by atoms with Gasteiger partial charge in [0, 0.05) is 18.7 Å². The van der Waals surface area contributed by atoms with Crippen molar-refractivity contribution in [2.45, 2.75) is 89.8 Å². The van der Waals surface area contributed by atoms with Gasteiger partial charge in [0.2, 0.25) is 0 Å². The van der Waals surface area contributed by atoms with Crippen LogP contribution in [0.5, 0.6) is 5.75 Å². The van der Waals surface area contributed by atoms with Crippen molar-refractivity contribution in [3.05, 3.63) is 69.2 Å². The molecule has 1 aromatic heterocycles. The van der Waals surface area contributed by atoms with E-state index in [2.05, 4.69) is 33.4 Å². The van der Waals surface area contributed by atoms with Crippen molar-refractivity contribution in [3.8, 4) is 22.4 Å². The van der Waals surface area contributed by atoms with E-state index in [4.69, 9.17) is 19.5 Å². The van der Waals surface area contributed by atoms with Crippen molar-refractivity contribution in [2.24, 2.45) is 0 Å². The molecule has 2 fully saturated rings. The van der Waals surface area contributed by atoms with Crippen molar-refractivity contribution in [2.75, 3.05) is 46.0 Å². The summed E-state index contributed by atoms with van der Waals surface area (Å²) in [7, 11) is 0. The standard InChI is InChI=1S/C38H48N4O4S/c1-27-36(47-38(41-27)31-13-11-28(26-39)12-14-31)37(43)40-19-5-6-20-42-21-17-30(18-22-42)33-16-15-29-8-2-3-9-32(29)35(33)46-25-24-45-34-10-4-7-23-44-34/h11-16,30,34H,2-10,17-25H2,1H3,(H,40,43). The third kappa shape index (κ3) is 8.80. The maximum Gasteiger partial charge on any atom is 0.263 e. The molecule has 3 heterocycles. The van der Waals surface area contributed by atoms with Crippen LogP contribution in [0.25, 0.3) is 10.6 Å². The Morgan fingerprint density at radius 2 is 1.87 bits per heavy atom. The van der Waals surface area contributed by atoms with E-state index in [1.54, 1.807) is 12.1 Å². The summed E-state index contributed by atoms with van der Waals surface area (Å²) in [6.45, 7) is 7.71. The van der Waals surface area contributed by atoms with E-state index in [9.17, 15) is 4.79 Å². The molecular weight excluding hydrogens is 609 g/mol. The topological polar surface area (TPSA) is 96.7 Å². The Balaban J connectivity index is 0.938. The summed E-state index contributed by atoms with van der Waals surface area (Å²) < 4.78 is 18.3. The van der Waals surface area contributed by atoms with Gasteiger partial charge in [-0.1, -0.05) is 24.3 Å². The van der Waals surface area contributed by atoms with Crippen LogP contribution in [0.4, 0.5) is 0 Å². The maximum absolute atomic E-state index is 12.9. The molecule has 9 heteroatoms. The van der Waals surface area contributed by atoms with E-state index in [0.29, 0.717) is 36.1 Å². The van der Waals surface area contributed by atoms with Gasteiger partial charge in [-0.25, -0.2) is 4.98 Å². The highest BCUT2D eigenvalue weighted by Gasteiger charge is 2.27. The SMILES string of the molecule is Cc1nc(-c2ccc(C#N)cc2)sc1C(=O)NCCCCN1CCC(c2ccc3c(c2OCCOC2CCCCO2)CCCC3)CC1. The monoisotopic (exact) mass is 656 g/mol. The van der Waals surface area contributed by atoms with E-state index >= 15 is 0 Å². The van der Waals surface area contributed by atoms with Gasteiger partial charge in [0.1, 0.15) is 22.2 Å². The quantitative estimate of drug-likeness (QED) is 0.195. The van der Waals surface area contributed by atoms with Gasteiger partial charge in [-0.2, -0.15) is 5.26 Å². The first kappa shape index (κ1) is 33.6. The van der Waals surface area contributed by atoms with Crippen LogP contribution < -0.4 is 10.1 Å². The molecule has 1 unspecified atom stereocenters. The zero-order valence-electron chi connectivity index (χ0n) is 27.7. The van der Waals surface area contributed by atoms with Crippen LogP contribution in [0.1, 0.15) is 101 Å². The van der Waals surface area contributed by atoms with Crippen LogP contribution in [-0.4, -0.2) is 68.1 Å². The second-order valence-corrected chi connectivity index (χ2v) is 14.0. The molecule has 1 N–H and O–H groups in total. The second-order valence-electron chi connectivity index (χ2n) is 13.0. The van der Waals surface area contributed by atoms with Crippen LogP contribution in [-0.2, 0) is 22.3 Å². The normalized spacial score (nSPS) is 18.8. The third-order valence-electron chi connectivity index (χ3n) is 9.76. The van der Waals surface area contributed by atoms with Crippen molar-refractivity contribution < 1.29 is 19.0 Å². The minimum Gasteiger partial charge on any atom is -0.491 e. The van der Waals surface area contributed by atoms with Gasteiger partial charge in [-0.05, 0) is 132 Å². The summed E-state index contributed by atoms with van der Waals surface area (Å²) in [5, 5.41) is 12.9. The number of fused-ring (bicyclic) bond motifs is 1. The molecule has 1 aliphatic carbocycles. The summed E-state index contributed by atoms with van der Waals surface area (Å²) in [4.78, 5) is 20.7. The predicted molar refractivity (Wildman–Crippen MR) is 185 cm³/mol. The fourth-order valence-electron chi connectivity index (χ4n) is 7.10. The number of piperidine rings is 1. The number of benzene rings is 2. The highest BCUT2D eigenvalue weighted by atomic mass is 32.1. The largest absolute Gasteiger partial charge is 0.491 e. The van der Waals surface area contributed by atoms with Gasteiger partial charge in [0.25, 0.3) is 5.91 Å². The Kier molecular flexibility index (Phi) is 11.9. The van der Waals surface area contributed by atoms with Crippen LogP contribution in [0.15, 0.2) is 36.4 Å². The number of carbonyl (C=O) groups excluding carboxylic acids is 1. The molecule has 47 heavy (non-hydrogen) atoms. The Hall–Kier alpha value is -3.29. The van der Waals surface area contributed by atoms with Gasteiger partial charge in [0.05, 0.1) is 23.9 Å². The van der Waals surface area contributed by atoms with Crippen LogP contribution >= 0.6 is 11.3 Å². The average molecular weight is 657 g/mol. The maximum atomic E-state index is 12.9. The van der Waals surface area contributed by atoms with E-state index < -0.39 is 0 Å². The summed E-state index contributed by atoms with van der Waals surface area (Å²) >= 11 is 1.40. The molecule has 8 nitrogen and oxygen atoms in total. The molecule has 0 radical (unpaired) electrons. The molecule has 6 rings (SSSR count). The third-order valence-corrected chi connectivity index (χ3v) is 11.0. The number of aromatic nitrogens is 1. The zero-order valence-corrected chi connectivity index (χ0v) is 28.5. The first-order valence-corrected chi connectivity index (χ1v) is 18.4. The lowest BCUT2D eigenvalue weighted by Gasteiger charge is -2.34. The molecule has 0 spiro atoms. The second kappa shape index (κ2) is 16.7. The number of likely N-dealkylation sites (tertiary alicyclic amines) is 1. The number of amides is 1. The minimum absolute atomic E-state index is 0.0577. The first-order valence-electron chi connectivity index (χ1n) is 17.6. The molecular formula is C38H48N4O4S. The molecule has 2 saturated heterocycles. The summed E-state index contributed by atoms with van der Waals surface area (Å²) in [6, 6.07) is 14.2. The smallest absolute Gasteiger partial charge is 0.263 e. The van der Waals surface area contributed by atoms with Crippen LogP contribution in [0.2, 0.25) is 0 Å². The van der Waals surface area contributed by atoms with Crippen molar-refractivity contribution >= 4 is 17.2 Å². The Labute approximate surface area is 283 Å². The van der Waals surface area contributed by atoms with E-state index in [-0.39, 0.29) is 12.2 Å². The van der Waals surface area contributed by atoms with Gasteiger partial charge < -0.3 is 24.4 Å². The summed E-state index contributed by atoms with van der Waals surface area (Å²) in [5.41, 5.74) is 6.57. The number of hydrogen-bond acceptors (Lipinski definition) is 8. The number of thiazole rings is 1. The number of nitriles is 1. The number of rotatable bonds is 13.